The number of rotatable bonds is 7. The van der Waals surface area contributed by atoms with E-state index < -0.39 is 5.54 Å². The minimum Gasteiger partial charge on any atom is -0.496 e. The molecule has 1 saturated carbocycles. The summed E-state index contributed by atoms with van der Waals surface area (Å²) in [6, 6.07) is 11.0. The second-order valence-electron chi connectivity index (χ2n) is 6.14. The number of benzene rings is 2. The molecule has 0 saturated heterocycles. The second kappa shape index (κ2) is 7.15. The van der Waals surface area contributed by atoms with E-state index in [1.54, 1.807) is 32.4 Å². The van der Waals surface area contributed by atoms with Gasteiger partial charge in [0.05, 0.1) is 34.0 Å². The van der Waals surface area contributed by atoms with Crippen LogP contribution in [0.15, 0.2) is 36.4 Å². The summed E-state index contributed by atoms with van der Waals surface area (Å²) in [5.74, 6) is 2.02. The molecule has 3 rings (SSSR count). The van der Waals surface area contributed by atoms with Crippen LogP contribution in [-0.4, -0.2) is 34.3 Å². The molecular weight excluding hydrogens is 334 g/mol. The number of carbonyl (C=O) groups excluding carboxylic acids is 1. The molecule has 0 heterocycles. The van der Waals surface area contributed by atoms with E-state index in [-0.39, 0.29) is 5.91 Å². The summed E-state index contributed by atoms with van der Waals surface area (Å²) >= 11 is 0. The van der Waals surface area contributed by atoms with Gasteiger partial charge >= 0.3 is 0 Å². The van der Waals surface area contributed by atoms with Crippen LogP contribution < -0.4 is 24.3 Å². The van der Waals surface area contributed by atoms with Crippen LogP contribution in [0, 0.1) is 0 Å². The maximum Gasteiger partial charge on any atom is 0.259 e. The van der Waals surface area contributed by atoms with E-state index in [0.29, 0.717) is 28.6 Å². The number of nitrogens with one attached hydrogen (secondary N) is 1. The number of hydrogen-bond donors (Lipinski definition) is 1. The Hall–Kier alpha value is -2.89. The molecule has 0 spiro atoms. The van der Waals surface area contributed by atoms with Crippen LogP contribution >= 0.6 is 0 Å². The standard InChI is InChI=1S/C20H23NO5/c1-23-14-9-8-13(12-17(14)26-4)20(10-11-20)21-19(22)18-15(24-2)6-5-7-16(18)25-3/h5-9,12H,10-11H2,1-4H3,(H,21,22). The SMILES string of the molecule is COc1ccc(C2(NC(=O)c3c(OC)cccc3OC)CC2)cc1OC. The highest BCUT2D eigenvalue weighted by atomic mass is 16.5. The summed E-state index contributed by atoms with van der Waals surface area (Å²) in [5, 5.41) is 3.14. The lowest BCUT2D eigenvalue weighted by molar-refractivity contribution is 0.0924. The molecule has 1 aliphatic rings. The fraction of sp³-hybridized carbons (Fsp3) is 0.350. The van der Waals surface area contributed by atoms with E-state index >= 15 is 0 Å². The first-order valence-corrected chi connectivity index (χ1v) is 8.34. The molecule has 0 radical (unpaired) electrons. The highest BCUT2D eigenvalue weighted by Gasteiger charge is 2.46. The van der Waals surface area contributed by atoms with Crippen molar-refractivity contribution in [3.8, 4) is 23.0 Å². The lowest BCUT2D eigenvalue weighted by Gasteiger charge is -2.21. The Morgan fingerprint density at radius 3 is 1.92 bits per heavy atom. The Bertz CT molecular complexity index is 792. The Morgan fingerprint density at radius 2 is 1.42 bits per heavy atom. The van der Waals surface area contributed by atoms with Crippen molar-refractivity contribution in [2.24, 2.45) is 0 Å². The molecule has 138 valence electrons. The van der Waals surface area contributed by atoms with Crippen molar-refractivity contribution in [1.29, 1.82) is 0 Å². The van der Waals surface area contributed by atoms with Gasteiger partial charge in [-0.05, 0) is 42.7 Å². The summed E-state index contributed by atoms with van der Waals surface area (Å²) in [6.45, 7) is 0. The van der Waals surface area contributed by atoms with Gasteiger partial charge in [0.15, 0.2) is 11.5 Å². The van der Waals surface area contributed by atoms with Crippen molar-refractivity contribution in [3.63, 3.8) is 0 Å². The van der Waals surface area contributed by atoms with Gasteiger partial charge in [-0.25, -0.2) is 0 Å². The predicted molar refractivity (Wildman–Crippen MR) is 97.5 cm³/mol. The maximum absolute atomic E-state index is 13.0. The van der Waals surface area contributed by atoms with E-state index in [9.17, 15) is 4.79 Å². The van der Waals surface area contributed by atoms with Crippen LogP contribution in [0.2, 0.25) is 0 Å². The van der Waals surface area contributed by atoms with Gasteiger partial charge < -0.3 is 24.3 Å². The van der Waals surface area contributed by atoms with Crippen LogP contribution in [0.25, 0.3) is 0 Å². The molecule has 0 aromatic heterocycles. The average molecular weight is 357 g/mol. The van der Waals surface area contributed by atoms with Crippen molar-refractivity contribution < 1.29 is 23.7 Å². The third-order valence-corrected chi connectivity index (χ3v) is 4.69. The molecule has 1 amide bonds. The molecule has 1 N–H and O–H groups in total. The minimum absolute atomic E-state index is 0.230. The molecule has 0 atom stereocenters. The van der Waals surface area contributed by atoms with Crippen molar-refractivity contribution in [2.45, 2.75) is 18.4 Å². The predicted octanol–water partition coefficient (Wildman–Crippen LogP) is 3.14. The number of ether oxygens (including phenoxy) is 4. The van der Waals surface area contributed by atoms with Crippen LogP contribution in [0.4, 0.5) is 0 Å². The van der Waals surface area contributed by atoms with Gasteiger partial charge in [0.2, 0.25) is 0 Å². The molecule has 2 aromatic carbocycles. The normalized spacial score (nSPS) is 14.3. The molecular formula is C20H23NO5. The topological polar surface area (TPSA) is 66.0 Å². The van der Waals surface area contributed by atoms with Crippen LogP contribution in [0.5, 0.6) is 23.0 Å². The molecule has 6 heteroatoms. The third kappa shape index (κ3) is 3.14. The van der Waals surface area contributed by atoms with Gasteiger partial charge in [0, 0.05) is 0 Å². The van der Waals surface area contributed by atoms with Crippen molar-refractivity contribution in [2.75, 3.05) is 28.4 Å². The van der Waals surface area contributed by atoms with Gasteiger partial charge in [-0.3, -0.25) is 4.79 Å². The van der Waals surface area contributed by atoms with Gasteiger partial charge in [0.25, 0.3) is 5.91 Å². The highest BCUT2D eigenvalue weighted by molar-refractivity contribution is 6.00. The third-order valence-electron chi connectivity index (χ3n) is 4.69. The van der Waals surface area contributed by atoms with Gasteiger partial charge in [-0.15, -0.1) is 0 Å². The first-order valence-electron chi connectivity index (χ1n) is 8.34. The summed E-state index contributed by atoms with van der Waals surface area (Å²) < 4.78 is 21.4. The molecule has 0 aliphatic heterocycles. The van der Waals surface area contributed by atoms with Gasteiger partial charge in [-0.2, -0.15) is 0 Å². The molecule has 1 fully saturated rings. The van der Waals surface area contributed by atoms with Crippen molar-refractivity contribution >= 4 is 5.91 Å². The quantitative estimate of drug-likeness (QED) is 0.825. The number of carbonyl (C=O) groups is 1. The second-order valence-corrected chi connectivity index (χ2v) is 6.14. The molecule has 1 aliphatic carbocycles. The van der Waals surface area contributed by atoms with E-state index in [0.717, 1.165) is 18.4 Å². The fourth-order valence-electron chi connectivity index (χ4n) is 3.10. The Balaban J connectivity index is 1.91. The summed E-state index contributed by atoms with van der Waals surface area (Å²) in [7, 11) is 6.26. The van der Waals surface area contributed by atoms with E-state index in [2.05, 4.69) is 5.32 Å². The van der Waals surface area contributed by atoms with Crippen molar-refractivity contribution in [3.05, 3.63) is 47.5 Å². The van der Waals surface area contributed by atoms with E-state index in [4.69, 9.17) is 18.9 Å². The molecule has 6 nitrogen and oxygen atoms in total. The number of methoxy groups -OCH3 is 4. The zero-order valence-electron chi connectivity index (χ0n) is 15.4. The summed E-state index contributed by atoms with van der Waals surface area (Å²) in [6.07, 6.45) is 1.71. The monoisotopic (exact) mass is 357 g/mol. The minimum atomic E-state index is -0.414. The zero-order valence-corrected chi connectivity index (χ0v) is 15.4. The first kappa shape index (κ1) is 17.9. The van der Waals surface area contributed by atoms with Crippen molar-refractivity contribution in [1.82, 2.24) is 5.32 Å². The lowest BCUT2D eigenvalue weighted by atomic mass is 10.0. The fourth-order valence-corrected chi connectivity index (χ4v) is 3.10. The molecule has 26 heavy (non-hydrogen) atoms. The highest BCUT2D eigenvalue weighted by Crippen LogP contribution is 2.48. The largest absolute Gasteiger partial charge is 0.496 e. The summed E-state index contributed by atoms with van der Waals surface area (Å²) in [5.41, 5.74) is 0.962. The van der Waals surface area contributed by atoms with Crippen LogP contribution in [0.1, 0.15) is 28.8 Å². The summed E-state index contributed by atoms with van der Waals surface area (Å²) in [4.78, 5) is 13.0. The Labute approximate surface area is 153 Å². The molecule has 0 bridgehead atoms. The maximum atomic E-state index is 13.0. The van der Waals surface area contributed by atoms with Crippen LogP contribution in [0.3, 0.4) is 0 Å². The number of amides is 1. The van der Waals surface area contributed by atoms with Crippen LogP contribution in [-0.2, 0) is 5.54 Å². The molecule has 2 aromatic rings. The lowest BCUT2D eigenvalue weighted by Crippen LogP contribution is -2.35. The Kier molecular flexibility index (Phi) is 4.93. The van der Waals surface area contributed by atoms with E-state index in [1.807, 2.05) is 18.2 Å². The zero-order chi connectivity index (χ0) is 18.7. The smallest absolute Gasteiger partial charge is 0.259 e. The number of hydrogen-bond acceptors (Lipinski definition) is 5. The Morgan fingerprint density at radius 1 is 0.846 bits per heavy atom. The van der Waals surface area contributed by atoms with E-state index in [1.165, 1.54) is 14.2 Å². The average Bonchev–Trinajstić information content (AvgIpc) is 3.46. The van der Waals surface area contributed by atoms with Gasteiger partial charge in [-0.1, -0.05) is 12.1 Å². The van der Waals surface area contributed by atoms with Gasteiger partial charge in [0.1, 0.15) is 17.1 Å². The first-order chi connectivity index (χ1) is 12.6. The molecule has 0 unspecified atom stereocenters.